The molecule has 0 radical (unpaired) electrons. The van der Waals surface area contributed by atoms with Crippen molar-refractivity contribution in [2.75, 3.05) is 42.3 Å². The molecule has 1 aliphatic rings. The number of anilines is 3. The summed E-state index contributed by atoms with van der Waals surface area (Å²) in [4.78, 5) is 27.9. The minimum absolute atomic E-state index is 0.170. The van der Waals surface area contributed by atoms with Crippen LogP contribution in [0.4, 0.5) is 30.4 Å². The molecular weight excluding hydrogens is 451 g/mol. The summed E-state index contributed by atoms with van der Waals surface area (Å²) in [5, 5.41) is 3.81. The van der Waals surface area contributed by atoms with E-state index in [1.54, 1.807) is 36.7 Å². The van der Waals surface area contributed by atoms with Gasteiger partial charge in [-0.3, -0.25) is 4.79 Å². The average molecular weight is 478 g/mol. The van der Waals surface area contributed by atoms with Crippen LogP contribution in [0.15, 0.2) is 24.5 Å². The summed E-state index contributed by atoms with van der Waals surface area (Å²) in [5.74, 6) is 0.342. The molecular formula is C23H26F3N5OS. The number of thiophene rings is 1. The number of aromatic nitrogens is 2. The Bertz CT molecular complexity index is 1180. The topological polar surface area (TPSA) is 61.4 Å². The van der Waals surface area contributed by atoms with Gasteiger partial charge in [0.25, 0.3) is 0 Å². The zero-order valence-corrected chi connectivity index (χ0v) is 19.8. The van der Waals surface area contributed by atoms with Gasteiger partial charge in [-0.2, -0.15) is 13.2 Å². The van der Waals surface area contributed by atoms with E-state index < -0.39 is 11.7 Å². The predicted octanol–water partition coefficient (Wildman–Crippen LogP) is 5.25. The minimum Gasteiger partial charge on any atom is -0.376 e. The van der Waals surface area contributed by atoms with E-state index in [1.165, 1.54) is 16.5 Å². The number of piperidine rings is 1. The molecule has 1 fully saturated rings. The lowest BCUT2D eigenvalue weighted by Gasteiger charge is -2.32. The number of halogens is 3. The number of hydrogen-bond acceptors (Lipinski definition) is 6. The molecule has 0 saturated carbocycles. The summed E-state index contributed by atoms with van der Waals surface area (Å²) in [5.41, 5.74) is 1.09. The lowest BCUT2D eigenvalue weighted by Crippen LogP contribution is -2.38. The third-order valence-corrected chi connectivity index (χ3v) is 7.29. The van der Waals surface area contributed by atoms with Crippen molar-refractivity contribution in [2.24, 2.45) is 5.92 Å². The van der Waals surface area contributed by atoms with Gasteiger partial charge >= 0.3 is 6.18 Å². The number of alkyl halides is 3. The van der Waals surface area contributed by atoms with Gasteiger partial charge in [0.1, 0.15) is 17.0 Å². The predicted molar refractivity (Wildman–Crippen MR) is 126 cm³/mol. The molecule has 1 amide bonds. The number of aryl methyl sites for hydroxylation is 2. The Morgan fingerprint density at radius 1 is 1.18 bits per heavy atom. The van der Waals surface area contributed by atoms with Crippen LogP contribution in [0.1, 0.15) is 28.8 Å². The van der Waals surface area contributed by atoms with Gasteiger partial charge in [-0.1, -0.05) is 0 Å². The van der Waals surface area contributed by atoms with Crippen LogP contribution < -0.4 is 15.1 Å². The first-order valence-corrected chi connectivity index (χ1v) is 11.5. The molecule has 1 N–H and O–H groups in total. The third kappa shape index (κ3) is 4.62. The average Bonchev–Trinajstić information content (AvgIpc) is 3.06. The van der Waals surface area contributed by atoms with E-state index in [-0.39, 0.29) is 17.5 Å². The number of carbonyl (C=O) groups excluding carboxylic acids is 1. The van der Waals surface area contributed by atoms with E-state index in [2.05, 4.69) is 34.0 Å². The van der Waals surface area contributed by atoms with Gasteiger partial charge in [0.2, 0.25) is 5.91 Å². The van der Waals surface area contributed by atoms with E-state index >= 15 is 0 Å². The lowest BCUT2D eigenvalue weighted by atomic mass is 9.95. The van der Waals surface area contributed by atoms with Crippen molar-refractivity contribution in [1.82, 2.24) is 9.97 Å². The van der Waals surface area contributed by atoms with Gasteiger partial charge in [-0.05, 0) is 50.5 Å². The third-order valence-electron chi connectivity index (χ3n) is 6.17. The Hall–Kier alpha value is -2.88. The molecule has 0 aliphatic carbocycles. The van der Waals surface area contributed by atoms with E-state index in [9.17, 15) is 18.0 Å². The van der Waals surface area contributed by atoms with Crippen molar-refractivity contribution < 1.29 is 18.0 Å². The summed E-state index contributed by atoms with van der Waals surface area (Å²) in [6.07, 6.45) is -1.72. The highest BCUT2D eigenvalue weighted by atomic mass is 32.1. The van der Waals surface area contributed by atoms with Gasteiger partial charge in [-0.25, -0.2) is 9.97 Å². The number of fused-ring (bicyclic) bond motifs is 1. The molecule has 3 aromatic rings. The number of nitrogens with zero attached hydrogens (tertiary/aromatic N) is 4. The number of rotatable bonds is 4. The van der Waals surface area contributed by atoms with Crippen molar-refractivity contribution in [3.05, 3.63) is 40.5 Å². The van der Waals surface area contributed by atoms with Crippen LogP contribution in [0.2, 0.25) is 0 Å². The summed E-state index contributed by atoms with van der Waals surface area (Å²) in [6, 6.07) is 3.41. The van der Waals surface area contributed by atoms with Crippen LogP contribution in [0, 0.1) is 19.8 Å². The number of carbonyl (C=O) groups is 1. The molecule has 2 aromatic heterocycles. The summed E-state index contributed by atoms with van der Waals surface area (Å²) >= 11 is 1.64. The Kier molecular flexibility index (Phi) is 6.22. The highest BCUT2D eigenvalue weighted by molar-refractivity contribution is 7.18. The van der Waals surface area contributed by atoms with E-state index in [0.29, 0.717) is 31.6 Å². The molecule has 10 heteroatoms. The first-order chi connectivity index (χ1) is 15.6. The van der Waals surface area contributed by atoms with Gasteiger partial charge in [0.05, 0.1) is 22.3 Å². The van der Waals surface area contributed by atoms with Gasteiger partial charge in [-0.15, -0.1) is 11.3 Å². The van der Waals surface area contributed by atoms with Crippen LogP contribution in [0.3, 0.4) is 0 Å². The fourth-order valence-electron chi connectivity index (χ4n) is 4.19. The molecule has 1 saturated heterocycles. The normalized spacial score (nSPS) is 15.2. The lowest BCUT2D eigenvalue weighted by molar-refractivity contribution is -0.137. The van der Waals surface area contributed by atoms with Crippen LogP contribution in [0.25, 0.3) is 10.2 Å². The number of nitrogens with one attached hydrogen (secondary N) is 1. The first kappa shape index (κ1) is 23.3. The first-order valence-electron chi connectivity index (χ1n) is 10.7. The Morgan fingerprint density at radius 3 is 2.52 bits per heavy atom. The van der Waals surface area contributed by atoms with Crippen LogP contribution in [-0.4, -0.2) is 43.1 Å². The van der Waals surface area contributed by atoms with Crippen molar-refractivity contribution in [3.63, 3.8) is 0 Å². The van der Waals surface area contributed by atoms with Crippen LogP contribution >= 0.6 is 11.3 Å². The Morgan fingerprint density at radius 2 is 1.88 bits per heavy atom. The van der Waals surface area contributed by atoms with E-state index in [1.807, 2.05) is 0 Å². The number of hydrogen-bond donors (Lipinski definition) is 1. The van der Waals surface area contributed by atoms with E-state index in [4.69, 9.17) is 0 Å². The van der Waals surface area contributed by atoms with E-state index in [0.717, 1.165) is 28.2 Å². The molecule has 176 valence electrons. The smallest absolute Gasteiger partial charge is 0.376 e. The minimum atomic E-state index is -4.48. The molecule has 6 nitrogen and oxygen atoms in total. The Balaban J connectivity index is 1.49. The summed E-state index contributed by atoms with van der Waals surface area (Å²) < 4.78 is 39.6. The molecule has 0 unspecified atom stereocenters. The van der Waals surface area contributed by atoms with Gasteiger partial charge in [0, 0.05) is 38.0 Å². The quantitative estimate of drug-likeness (QED) is 0.556. The molecule has 1 aliphatic heterocycles. The SMILES string of the molecule is Cc1sc2ncnc(N3CCC(C(=O)Nc4cc(C(F)(F)F)ccc4N(C)C)CC3)c2c1C. The second-order valence-corrected chi connectivity index (χ2v) is 9.74. The fraction of sp³-hybridized carbons (Fsp3) is 0.435. The monoisotopic (exact) mass is 477 g/mol. The van der Waals surface area contributed by atoms with Crippen molar-refractivity contribution in [1.29, 1.82) is 0 Å². The van der Waals surface area contributed by atoms with Crippen LogP contribution in [-0.2, 0) is 11.0 Å². The molecule has 0 atom stereocenters. The summed E-state index contributed by atoms with van der Waals surface area (Å²) in [7, 11) is 3.46. The molecule has 1 aromatic carbocycles. The van der Waals surface area contributed by atoms with Crippen molar-refractivity contribution in [2.45, 2.75) is 32.9 Å². The van der Waals surface area contributed by atoms with Gasteiger partial charge in [0.15, 0.2) is 0 Å². The zero-order valence-electron chi connectivity index (χ0n) is 19.0. The standard InChI is InChI=1S/C23H26F3N5OS/c1-13-14(2)33-22-19(13)20(27-12-28-22)31-9-7-15(8-10-31)21(32)29-17-11-16(23(24,25)26)5-6-18(17)30(3)4/h5-6,11-12,15H,7-10H2,1-4H3,(H,29,32). The van der Waals surface area contributed by atoms with Crippen LogP contribution in [0.5, 0.6) is 0 Å². The molecule has 3 heterocycles. The maximum Gasteiger partial charge on any atom is 0.416 e. The number of amides is 1. The highest BCUT2D eigenvalue weighted by Gasteiger charge is 2.32. The Labute approximate surface area is 194 Å². The second kappa shape index (κ2) is 8.81. The molecule has 0 spiro atoms. The molecule has 4 rings (SSSR count). The largest absolute Gasteiger partial charge is 0.416 e. The zero-order chi connectivity index (χ0) is 23.9. The maximum absolute atomic E-state index is 13.2. The van der Waals surface area contributed by atoms with Crippen molar-refractivity contribution >= 4 is 44.7 Å². The summed E-state index contributed by atoms with van der Waals surface area (Å²) in [6.45, 7) is 5.42. The molecule has 0 bridgehead atoms. The van der Waals surface area contributed by atoms with Crippen molar-refractivity contribution in [3.8, 4) is 0 Å². The maximum atomic E-state index is 13.2. The second-order valence-electron chi connectivity index (χ2n) is 8.54. The number of benzene rings is 1. The fourth-order valence-corrected chi connectivity index (χ4v) is 5.19. The van der Waals surface area contributed by atoms with Gasteiger partial charge < -0.3 is 15.1 Å². The highest BCUT2D eigenvalue weighted by Crippen LogP contribution is 2.37. The molecule has 33 heavy (non-hydrogen) atoms.